The van der Waals surface area contributed by atoms with E-state index in [2.05, 4.69) is 6.58 Å². The van der Waals surface area contributed by atoms with Gasteiger partial charge in [-0.1, -0.05) is 6.58 Å². The second-order valence-electron chi connectivity index (χ2n) is 3.45. The minimum absolute atomic E-state index is 0.109. The van der Waals surface area contributed by atoms with Gasteiger partial charge in [0.2, 0.25) is 0 Å². The fourth-order valence-corrected chi connectivity index (χ4v) is 1.05. The summed E-state index contributed by atoms with van der Waals surface area (Å²) in [5.41, 5.74) is -0.741. The Labute approximate surface area is 90.0 Å². The average molecular weight is 208 g/mol. The summed E-state index contributed by atoms with van der Waals surface area (Å²) in [5.74, 6) is 1.44. The van der Waals surface area contributed by atoms with Crippen molar-refractivity contribution in [2.75, 3.05) is 13.7 Å². The molecule has 0 amide bonds. The zero-order chi connectivity index (χ0) is 11.3. The van der Waals surface area contributed by atoms with E-state index in [1.54, 1.807) is 44.4 Å². The van der Waals surface area contributed by atoms with Crippen LogP contribution in [-0.4, -0.2) is 24.4 Å². The predicted molar refractivity (Wildman–Crippen MR) is 59.3 cm³/mol. The van der Waals surface area contributed by atoms with Crippen LogP contribution in [0, 0.1) is 0 Å². The molecule has 1 aromatic carbocycles. The maximum atomic E-state index is 9.13. The molecule has 1 unspecified atom stereocenters. The first-order chi connectivity index (χ1) is 7.13. The molecule has 1 aromatic rings. The third kappa shape index (κ3) is 2.99. The molecule has 0 aliphatic carbocycles. The standard InChI is InChI=1S/C12H16O3/c1-4-12(2,9-13)15-11-7-5-10(14-3)6-8-11/h4-8,13H,1,9H2,2-3H3. The molecular formula is C12H16O3. The molecule has 1 atom stereocenters. The molecule has 3 heteroatoms. The summed E-state index contributed by atoms with van der Waals surface area (Å²) in [5, 5.41) is 9.13. The van der Waals surface area contributed by atoms with Crippen molar-refractivity contribution < 1.29 is 14.6 Å². The van der Waals surface area contributed by atoms with Crippen LogP contribution >= 0.6 is 0 Å². The summed E-state index contributed by atoms with van der Waals surface area (Å²) in [6, 6.07) is 7.18. The molecule has 1 N–H and O–H groups in total. The van der Waals surface area contributed by atoms with Gasteiger partial charge in [0.1, 0.15) is 17.1 Å². The Balaban J connectivity index is 2.76. The quantitative estimate of drug-likeness (QED) is 0.752. The Kier molecular flexibility index (Phi) is 3.74. The van der Waals surface area contributed by atoms with Crippen LogP contribution < -0.4 is 9.47 Å². The molecule has 0 saturated heterocycles. The van der Waals surface area contributed by atoms with Crippen LogP contribution in [0.15, 0.2) is 36.9 Å². The molecule has 82 valence electrons. The van der Waals surface area contributed by atoms with E-state index in [1.165, 1.54) is 0 Å². The van der Waals surface area contributed by atoms with Gasteiger partial charge in [-0.3, -0.25) is 0 Å². The highest BCUT2D eigenvalue weighted by molar-refractivity contribution is 5.31. The number of aliphatic hydroxyl groups is 1. The van der Waals surface area contributed by atoms with Gasteiger partial charge in [-0.15, -0.1) is 0 Å². The van der Waals surface area contributed by atoms with Crippen molar-refractivity contribution in [2.24, 2.45) is 0 Å². The summed E-state index contributed by atoms with van der Waals surface area (Å²) in [6.45, 7) is 5.28. The zero-order valence-corrected chi connectivity index (χ0v) is 9.06. The van der Waals surface area contributed by atoms with E-state index in [0.29, 0.717) is 5.75 Å². The number of methoxy groups -OCH3 is 1. The van der Waals surface area contributed by atoms with Gasteiger partial charge in [0.05, 0.1) is 13.7 Å². The normalized spacial score (nSPS) is 14.1. The molecule has 0 fully saturated rings. The van der Waals surface area contributed by atoms with Crippen molar-refractivity contribution in [1.29, 1.82) is 0 Å². The summed E-state index contributed by atoms with van der Waals surface area (Å²) < 4.78 is 10.6. The van der Waals surface area contributed by atoms with E-state index in [0.717, 1.165) is 5.75 Å². The lowest BCUT2D eigenvalue weighted by atomic mass is 10.1. The fraction of sp³-hybridized carbons (Fsp3) is 0.333. The maximum absolute atomic E-state index is 9.13. The third-order valence-electron chi connectivity index (χ3n) is 2.16. The van der Waals surface area contributed by atoms with Crippen LogP contribution in [0.4, 0.5) is 0 Å². The summed E-state index contributed by atoms with van der Waals surface area (Å²) >= 11 is 0. The number of aliphatic hydroxyl groups excluding tert-OH is 1. The highest BCUT2D eigenvalue weighted by Crippen LogP contribution is 2.22. The Morgan fingerprint density at radius 3 is 2.27 bits per heavy atom. The van der Waals surface area contributed by atoms with E-state index in [-0.39, 0.29) is 6.61 Å². The van der Waals surface area contributed by atoms with E-state index >= 15 is 0 Å². The molecule has 0 heterocycles. The van der Waals surface area contributed by atoms with Crippen molar-refractivity contribution in [3.8, 4) is 11.5 Å². The van der Waals surface area contributed by atoms with E-state index in [4.69, 9.17) is 14.6 Å². The van der Waals surface area contributed by atoms with Crippen LogP contribution in [-0.2, 0) is 0 Å². The highest BCUT2D eigenvalue weighted by atomic mass is 16.5. The van der Waals surface area contributed by atoms with Crippen LogP contribution in [0.5, 0.6) is 11.5 Å². The first-order valence-electron chi connectivity index (χ1n) is 4.71. The lowest BCUT2D eigenvalue weighted by molar-refractivity contribution is 0.0662. The second-order valence-corrected chi connectivity index (χ2v) is 3.45. The van der Waals surface area contributed by atoms with Gasteiger partial charge in [-0.05, 0) is 37.3 Å². The molecule has 0 radical (unpaired) electrons. The smallest absolute Gasteiger partial charge is 0.147 e. The Bertz CT molecular complexity index is 318. The molecule has 0 saturated carbocycles. The molecule has 0 spiro atoms. The molecule has 0 bridgehead atoms. The first kappa shape index (κ1) is 11.6. The van der Waals surface area contributed by atoms with Crippen LogP contribution in [0.2, 0.25) is 0 Å². The second kappa shape index (κ2) is 4.84. The molecular weight excluding hydrogens is 192 g/mol. The predicted octanol–water partition coefficient (Wildman–Crippen LogP) is 2.01. The fourth-order valence-electron chi connectivity index (χ4n) is 1.05. The molecule has 0 aliphatic rings. The first-order valence-corrected chi connectivity index (χ1v) is 4.71. The number of hydrogen-bond donors (Lipinski definition) is 1. The average Bonchev–Trinajstić information content (AvgIpc) is 2.30. The number of hydrogen-bond acceptors (Lipinski definition) is 3. The van der Waals surface area contributed by atoms with Crippen molar-refractivity contribution in [3.05, 3.63) is 36.9 Å². The van der Waals surface area contributed by atoms with Crippen LogP contribution in [0.1, 0.15) is 6.92 Å². The van der Waals surface area contributed by atoms with Gasteiger partial charge in [0, 0.05) is 0 Å². The Morgan fingerprint density at radius 2 is 1.87 bits per heavy atom. The van der Waals surface area contributed by atoms with Crippen molar-refractivity contribution in [1.82, 2.24) is 0 Å². The van der Waals surface area contributed by atoms with Crippen LogP contribution in [0.3, 0.4) is 0 Å². The third-order valence-corrected chi connectivity index (χ3v) is 2.16. The van der Waals surface area contributed by atoms with Gasteiger partial charge in [0.25, 0.3) is 0 Å². The Morgan fingerprint density at radius 1 is 1.33 bits per heavy atom. The van der Waals surface area contributed by atoms with E-state index < -0.39 is 5.60 Å². The summed E-state index contributed by atoms with van der Waals surface area (Å²) in [7, 11) is 1.61. The zero-order valence-electron chi connectivity index (χ0n) is 9.06. The summed E-state index contributed by atoms with van der Waals surface area (Å²) in [4.78, 5) is 0. The minimum atomic E-state index is -0.741. The van der Waals surface area contributed by atoms with Gasteiger partial charge < -0.3 is 14.6 Å². The lowest BCUT2D eigenvalue weighted by Crippen LogP contribution is -2.33. The number of ether oxygens (including phenoxy) is 2. The summed E-state index contributed by atoms with van der Waals surface area (Å²) in [6.07, 6.45) is 1.58. The van der Waals surface area contributed by atoms with Gasteiger partial charge in [0.15, 0.2) is 0 Å². The van der Waals surface area contributed by atoms with E-state index in [9.17, 15) is 0 Å². The van der Waals surface area contributed by atoms with Gasteiger partial charge in [-0.2, -0.15) is 0 Å². The molecule has 0 aromatic heterocycles. The maximum Gasteiger partial charge on any atom is 0.147 e. The number of benzene rings is 1. The molecule has 15 heavy (non-hydrogen) atoms. The largest absolute Gasteiger partial charge is 0.497 e. The number of rotatable bonds is 5. The van der Waals surface area contributed by atoms with Gasteiger partial charge >= 0.3 is 0 Å². The molecule has 3 nitrogen and oxygen atoms in total. The highest BCUT2D eigenvalue weighted by Gasteiger charge is 2.20. The van der Waals surface area contributed by atoms with E-state index in [1.807, 2.05) is 0 Å². The van der Waals surface area contributed by atoms with Crippen molar-refractivity contribution >= 4 is 0 Å². The topological polar surface area (TPSA) is 38.7 Å². The molecule has 1 rings (SSSR count). The van der Waals surface area contributed by atoms with Gasteiger partial charge in [-0.25, -0.2) is 0 Å². The lowest BCUT2D eigenvalue weighted by Gasteiger charge is -2.24. The van der Waals surface area contributed by atoms with Crippen molar-refractivity contribution in [2.45, 2.75) is 12.5 Å². The monoisotopic (exact) mass is 208 g/mol. The minimum Gasteiger partial charge on any atom is -0.497 e. The molecule has 0 aliphatic heterocycles. The van der Waals surface area contributed by atoms with Crippen molar-refractivity contribution in [3.63, 3.8) is 0 Å². The van der Waals surface area contributed by atoms with Crippen LogP contribution in [0.25, 0.3) is 0 Å². The SMILES string of the molecule is C=CC(C)(CO)Oc1ccc(OC)cc1. The Hall–Kier alpha value is -1.48.